The number of carbonyl (C=O) groups is 1. The number of hydrazine groups is 1. The lowest BCUT2D eigenvalue weighted by Crippen LogP contribution is -2.31. The quantitative estimate of drug-likeness (QED) is 0.453. The fraction of sp³-hybridized carbons (Fsp3) is 0.125. The average Bonchev–Trinajstić information content (AvgIpc) is 2.15. The summed E-state index contributed by atoms with van der Waals surface area (Å²) in [6.07, 6.45) is -2.40. The number of allylic oxidation sites excluding steroid dienone is 3. The van der Waals surface area contributed by atoms with Gasteiger partial charge in [0.2, 0.25) is 0 Å². The lowest BCUT2D eigenvalue weighted by molar-refractivity contribution is -0.132. The van der Waals surface area contributed by atoms with Gasteiger partial charge in [-0.05, 0) is 12.2 Å². The predicted molar refractivity (Wildman–Crippen MR) is 48.2 cm³/mol. The minimum atomic E-state index is -4.58. The van der Waals surface area contributed by atoms with Crippen molar-refractivity contribution in [1.29, 1.82) is 0 Å². The number of nitrogens with two attached hydrogens (primary N) is 2. The maximum Gasteiger partial charge on any atom is 0.416 e. The average molecular weight is 235 g/mol. The van der Waals surface area contributed by atoms with Crippen LogP contribution >= 0.6 is 0 Å². The molecule has 5 nitrogen and oxygen atoms in total. The number of halogens is 3. The number of aliphatic carboxylic acids is 1. The number of carboxylic acids is 1. The Labute approximate surface area is 88.1 Å². The summed E-state index contributed by atoms with van der Waals surface area (Å²) in [4.78, 5) is 10.5. The van der Waals surface area contributed by atoms with Gasteiger partial charge < -0.3 is 10.8 Å². The van der Waals surface area contributed by atoms with Gasteiger partial charge in [0.05, 0.1) is 11.3 Å². The van der Waals surface area contributed by atoms with E-state index in [2.05, 4.69) is 0 Å². The molecule has 0 fully saturated rings. The van der Waals surface area contributed by atoms with E-state index in [0.29, 0.717) is 11.1 Å². The molecule has 0 aliphatic carbocycles. The molecule has 1 aliphatic rings. The number of hydrogen-bond acceptors (Lipinski definition) is 4. The van der Waals surface area contributed by atoms with Crippen molar-refractivity contribution in [2.24, 2.45) is 11.6 Å². The summed E-state index contributed by atoms with van der Waals surface area (Å²) in [6.45, 7) is 0. The van der Waals surface area contributed by atoms with Gasteiger partial charge in [0.15, 0.2) is 0 Å². The van der Waals surface area contributed by atoms with Gasteiger partial charge in [-0.15, -0.1) is 0 Å². The van der Waals surface area contributed by atoms with Crippen LogP contribution in [0.25, 0.3) is 0 Å². The van der Waals surface area contributed by atoms with Crippen LogP contribution < -0.4 is 11.6 Å². The standard InChI is InChI=1S/C8H8F3N3O2/c9-8(10,11)4-1-2-14(13)5(3-4)6(12)7(15)16/h1-3H,12-13H2,(H,15,16)/b6-5-. The van der Waals surface area contributed by atoms with Crippen LogP contribution in [-0.2, 0) is 4.79 Å². The van der Waals surface area contributed by atoms with E-state index in [1.807, 2.05) is 0 Å². The molecule has 0 unspecified atom stereocenters. The van der Waals surface area contributed by atoms with E-state index < -0.39 is 29.1 Å². The van der Waals surface area contributed by atoms with Crippen LogP contribution in [0, 0.1) is 0 Å². The van der Waals surface area contributed by atoms with Gasteiger partial charge in [0.1, 0.15) is 5.70 Å². The Kier molecular flexibility index (Phi) is 2.95. The molecule has 1 aliphatic heterocycles. The second-order valence-electron chi connectivity index (χ2n) is 2.92. The van der Waals surface area contributed by atoms with Crippen LogP contribution in [0.5, 0.6) is 0 Å². The third-order valence-corrected chi connectivity index (χ3v) is 1.82. The molecule has 1 heterocycles. The molecule has 1 rings (SSSR count). The van der Waals surface area contributed by atoms with Crippen molar-refractivity contribution >= 4 is 5.97 Å². The molecule has 0 aromatic heterocycles. The van der Waals surface area contributed by atoms with Crippen molar-refractivity contribution < 1.29 is 23.1 Å². The van der Waals surface area contributed by atoms with E-state index in [1.165, 1.54) is 0 Å². The fourth-order valence-corrected chi connectivity index (χ4v) is 1.01. The van der Waals surface area contributed by atoms with Gasteiger partial charge in [-0.2, -0.15) is 13.2 Å². The van der Waals surface area contributed by atoms with E-state index >= 15 is 0 Å². The van der Waals surface area contributed by atoms with Crippen molar-refractivity contribution in [3.05, 3.63) is 35.3 Å². The minimum Gasteiger partial charge on any atom is -0.477 e. The van der Waals surface area contributed by atoms with E-state index in [-0.39, 0.29) is 0 Å². The first-order valence-electron chi connectivity index (χ1n) is 3.97. The molecule has 0 bridgehead atoms. The number of carboxylic acid groups (broad SMARTS) is 1. The summed E-state index contributed by atoms with van der Waals surface area (Å²) in [7, 11) is 0. The molecule has 0 radical (unpaired) electrons. The molecule has 0 spiro atoms. The monoisotopic (exact) mass is 235 g/mol. The van der Waals surface area contributed by atoms with Crippen LogP contribution in [-0.4, -0.2) is 22.3 Å². The van der Waals surface area contributed by atoms with Crippen LogP contribution in [0.4, 0.5) is 13.2 Å². The Morgan fingerprint density at radius 1 is 1.44 bits per heavy atom. The molecule has 0 amide bonds. The molecular weight excluding hydrogens is 227 g/mol. The highest BCUT2D eigenvalue weighted by atomic mass is 19.4. The maximum atomic E-state index is 12.3. The molecule has 0 saturated heterocycles. The predicted octanol–water partition coefficient (Wildman–Crippen LogP) is 0.433. The number of hydrogen-bond donors (Lipinski definition) is 3. The zero-order valence-electron chi connectivity index (χ0n) is 7.82. The Bertz CT molecular complexity index is 409. The van der Waals surface area contributed by atoms with Crippen LogP contribution in [0.1, 0.15) is 0 Å². The summed E-state index contributed by atoms with van der Waals surface area (Å²) in [6, 6.07) is 0. The Balaban J connectivity index is 3.23. The van der Waals surface area contributed by atoms with Crippen LogP contribution in [0.2, 0.25) is 0 Å². The summed E-state index contributed by atoms with van der Waals surface area (Å²) in [5.74, 6) is 3.71. The van der Waals surface area contributed by atoms with Gasteiger partial charge in [-0.3, -0.25) is 5.01 Å². The van der Waals surface area contributed by atoms with Gasteiger partial charge in [0.25, 0.3) is 0 Å². The van der Waals surface area contributed by atoms with Crippen molar-refractivity contribution in [2.75, 3.05) is 0 Å². The van der Waals surface area contributed by atoms with Crippen molar-refractivity contribution in [1.82, 2.24) is 5.01 Å². The Morgan fingerprint density at radius 3 is 2.44 bits per heavy atom. The van der Waals surface area contributed by atoms with E-state index in [4.69, 9.17) is 16.7 Å². The summed E-state index contributed by atoms with van der Waals surface area (Å²) >= 11 is 0. The molecule has 5 N–H and O–H groups in total. The SMILES string of the molecule is N/C(C(=O)O)=C1/C=C(C(F)(F)F)C=CN1N. The van der Waals surface area contributed by atoms with Crippen molar-refractivity contribution in [3.63, 3.8) is 0 Å². The van der Waals surface area contributed by atoms with Gasteiger partial charge in [-0.1, -0.05) is 0 Å². The highest BCUT2D eigenvalue weighted by Gasteiger charge is 2.34. The second-order valence-corrected chi connectivity index (χ2v) is 2.92. The second kappa shape index (κ2) is 3.89. The topological polar surface area (TPSA) is 92.6 Å². The lowest BCUT2D eigenvalue weighted by Gasteiger charge is -2.22. The summed E-state index contributed by atoms with van der Waals surface area (Å²) in [5.41, 5.74) is 2.91. The normalized spacial score (nSPS) is 19.5. The summed E-state index contributed by atoms with van der Waals surface area (Å²) in [5, 5.41) is 9.25. The van der Waals surface area contributed by atoms with Gasteiger partial charge in [-0.25, -0.2) is 10.6 Å². The summed E-state index contributed by atoms with van der Waals surface area (Å²) < 4.78 is 36.9. The van der Waals surface area contributed by atoms with Gasteiger partial charge in [0, 0.05) is 6.20 Å². The zero-order valence-corrected chi connectivity index (χ0v) is 7.82. The molecule has 8 heteroatoms. The molecule has 0 saturated carbocycles. The molecule has 0 atom stereocenters. The lowest BCUT2D eigenvalue weighted by atomic mass is 10.1. The maximum absolute atomic E-state index is 12.3. The highest BCUT2D eigenvalue weighted by Crippen LogP contribution is 2.30. The molecule has 0 aromatic carbocycles. The largest absolute Gasteiger partial charge is 0.477 e. The van der Waals surface area contributed by atoms with Crippen LogP contribution in [0.3, 0.4) is 0 Å². The molecular formula is C8H8F3N3O2. The third-order valence-electron chi connectivity index (χ3n) is 1.82. The number of alkyl halides is 3. The van der Waals surface area contributed by atoms with E-state index in [1.54, 1.807) is 0 Å². The highest BCUT2D eigenvalue weighted by molar-refractivity contribution is 5.87. The van der Waals surface area contributed by atoms with Crippen LogP contribution in [0.15, 0.2) is 35.3 Å². The molecule has 0 aromatic rings. The van der Waals surface area contributed by atoms with E-state index in [9.17, 15) is 18.0 Å². The Hall–Kier alpha value is -1.96. The third kappa shape index (κ3) is 2.34. The molecule has 16 heavy (non-hydrogen) atoms. The van der Waals surface area contributed by atoms with Gasteiger partial charge >= 0.3 is 12.1 Å². The first kappa shape index (κ1) is 12.1. The Morgan fingerprint density at radius 2 is 2.00 bits per heavy atom. The first-order chi connectivity index (χ1) is 7.23. The molecule has 88 valence electrons. The number of nitrogens with zero attached hydrogens (tertiary/aromatic N) is 1. The van der Waals surface area contributed by atoms with Crippen molar-refractivity contribution in [3.8, 4) is 0 Å². The van der Waals surface area contributed by atoms with Crippen molar-refractivity contribution in [2.45, 2.75) is 6.18 Å². The zero-order chi connectivity index (χ0) is 12.5. The smallest absolute Gasteiger partial charge is 0.416 e. The minimum absolute atomic E-state index is 0.415. The van der Waals surface area contributed by atoms with E-state index in [0.717, 1.165) is 12.3 Å². The fourth-order valence-electron chi connectivity index (χ4n) is 1.01. The first-order valence-corrected chi connectivity index (χ1v) is 3.97. The number of rotatable bonds is 1.